The highest BCUT2D eigenvalue weighted by atomic mass is 32.2. The van der Waals surface area contributed by atoms with Gasteiger partial charge in [0.15, 0.2) is 0 Å². The van der Waals surface area contributed by atoms with Gasteiger partial charge in [0.1, 0.15) is 0 Å². The molecule has 8 heteroatoms. The van der Waals surface area contributed by atoms with Crippen LogP contribution in [0.25, 0.3) is 0 Å². The molecule has 1 rings (SSSR count). The van der Waals surface area contributed by atoms with Crippen LogP contribution in [0.5, 0.6) is 0 Å². The summed E-state index contributed by atoms with van der Waals surface area (Å²) in [6, 6.07) is 5.91. The average molecular weight is 297 g/mol. The van der Waals surface area contributed by atoms with Crippen molar-refractivity contribution in [2.45, 2.75) is 31.1 Å². The SMILES string of the molecule is Cc1c([N+](=O)[O-])cccc1S(=O)(=O)NCCCCC#N. The van der Waals surface area contributed by atoms with E-state index in [4.69, 9.17) is 5.26 Å². The van der Waals surface area contributed by atoms with E-state index in [0.717, 1.165) is 0 Å². The fourth-order valence-corrected chi connectivity index (χ4v) is 3.04. The predicted molar refractivity (Wildman–Crippen MR) is 72.5 cm³/mol. The summed E-state index contributed by atoms with van der Waals surface area (Å²) in [6.45, 7) is 1.61. The summed E-state index contributed by atoms with van der Waals surface area (Å²) in [5, 5.41) is 19.2. The Morgan fingerprint density at radius 2 is 2.10 bits per heavy atom. The summed E-state index contributed by atoms with van der Waals surface area (Å²) in [5.41, 5.74) is -0.112. The number of nitriles is 1. The van der Waals surface area contributed by atoms with E-state index >= 15 is 0 Å². The van der Waals surface area contributed by atoms with E-state index in [1.54, 1.807) is 0 Å². The van der Waals surface area contributed by atoms with Crippen LogP contribution in [0.4, 0.5) is 5.69 Å². The maximum Gasteiger partial charge on any atom is 0.273 e. The number of nitrogens with zero attached hydrogens (tertiary/aromatic N) is 2. The smallest absolute Gasteiger partial charge is 0.258 e. The third-order valence-corrected chi connectivity index (χ3v) is 4.35. The highest BCUT2D eigenvalue weighted by Crippen LogP contribution is 2.24. The fraction of sp³-hybridized carbons (Fsp3) is 0.417. The van der Waals surface area contributed by atoms with Crippen LogP contribution >= 0.6 is 0 Å². The van der Waals surface area contributed by atoms with E-state index in [9.17, 15) is 18.5 Å². The molecule has 0 aromatic heterocycles. The van der Waals surface area contributed by atoms with E-state index in [-0.39, 0.29) is 22.7 Å². The van der Waals surface area contributed by atoms with Gasteiger partial charge in [-0.1, -0.05) is 6.07 Å². The molecule has 0 aliphatic rings. The zero-order chi connectivity index (χ0) is 15.2. The van der Waals surface area contributed by atoms with Crippen LogP contribution in [0, 0.1) is 28.4 Å². The van der Waals surface area contributed by atoms with E-state index in [1.807, 2.05) is 6.07 Å². The minimum Gasteiger partial charge on any atom is -0.258 e. The quantitative estimate of drug-likeness (QED) is 0.469. The minimum absolute atomic E-state index is 0.0908. The fourth-order valence-electron chi connectivity index (χ4n) is 1.71. The Hall–Kier alpha value is -1.98. The molecule has 0 saturated heterocycles. The summed E-state index contributed by atoms with van der Waals surface area (Å²) in [5.74, 6) is 0. The number of hydrogen-bond acceptors (Lipinski definition) is 5. The molecule has 0 fully saturated rings. The Morgan fingerprint density at radius 3 is 2.70 bits per heavy atom. The highest BCUT2D eigenvalue weighted by Gasteiger charge is 2.22. The van der Waals surface area contributed by atoms with Crippen LogP contribution < -0.4 is 4.72 Å². The molecule has 1 N–H and O–H groups in total. The minimum atomic E-state index is -3.77. The third kappa shape index (κ3) is 4.01. The summed E-state index contributed by atoms with van der Waals surface area (Å²) in [7, 11) is -3.77. The Balaban J connectivity index is 2.86. The van der Waals surface area contributed by atoms with Crippen molar-refractivity contribution in [1.29, 1.82) is 5.26 Å². The maximum atomic E-state index is 12.1. The molecule has 0 aliphatic carbocycles. The highest BCUT2D eigenvalue weighted by molar-refractivity contribution is 7.89. The van der Waals surface area contributed by atoms with Gasteiger partial charge in [-0.2, -0.15) is 5.26 Å². The number of unbranched alkanes of at least 4 members (excludes halogenated alkanes) is 2. The van der Waals surface area contributed by atoms with Crippen molar-refractivity contribution in [2.75, 3.05) is 6.54 Å². The first-order valence-electron chi connectivity index (χ1n) is 6.01. The van der Waals surface area contributed by atoms with Crippen LogP contribution in [-0.2, 0) is 10.0 Å². The second-order valence-electron chi connectivity index (χ2n) is 4.17. The van der Waals surface area contributed by atoms with Gasteiger partial charge >= 0.3 is 0 Å². The lowest BCUT2D eigenvalue weighted by Gasteiger charge is -2.09. The number of rotatable bonds is 7. The first kappa shape index (κ1) is 16.1. The molecule has 1 aromatic rings. The molecular formula is C12H15N3O4S. The second-order valence-corrected chi connectivity index (χ2v) is 5.91. The Morgan fingerprint density at radius 1 is 1.40 bits per heavy atom. The van der Waals surface area contributed by atoms with Crippen LogP contribution in [0.3, 0.4) is 0 Å². The van der Waals surface area contributed by atoms with Gasteiger partial charge in [-0.15, -0.1) is 0 Å². The van der Waals surface area contributed by atoms with Gasteiger partial charge in [-0.3, -0.25) is 10.1 Å². The second kappa shape index (κ2) is 6.98. The number of hydrogen-bond donors (Lipinski definition) is 1. The lowest BCUT2D eigenvalue weighted by Crippen LogP contribution is -2.25. The Bertz CT molecular complexity index is 635. The molecule has 0 heterocycles. The molecule has 0 aliphatic heterocycles. The molecule has 0 spiro atoms. The van der Waals surface area contributed by atoms with Crippen LogP contribution in [0.2, 0.25) is 0 Å². The number of nitro groups is 1. The van der Waals surface area contributed by atoms with Crippen molar-refractivity contribution in [2.24, 2.45) is 0 Å². The van der Waals surface area contributed by atoms with Crippen molar-refractivity contribution < 1.29 is 13.3 Å². The lowest BCUT2D eigenvalue weighted by molar-refractivity contribution is -0.385. The molecule has 0 radical (unpaired) electrons. The molecule has 7 nitrogen and oxygen atoms in total. The number of benzene rings is 1. The summed E-state index contributed by atoms with van der Waals surface area (Å²) < 4.78 is 26.5. The molecule has 0 saturated carbocycles. The van der Waals surface area contributed by atoms with E-state index in [0.29, 0.717) is 19.3 Å². The van der Waals surface area contributed by atoms with E-state index < -0.39 is 14.9 Å². The van der Waals surface area contributed by atoms with Gasteiger partial charge in [0, 0.05) is 24.6 Å². The van der Waals surface area contributed by atoms with Gasteiger partial charge in [-0.25, -0.2) is 13.1 Å². The molecule has 0 unspecified atom stereocenters. The van der Waals surface area contributed by atoms with Gasteiger partial charge in [0.25, 0.3) is 5.69 Å². The molecule has 0 amide bonds. The molecule has 0 bridgehead atoms. The van der Waals surface area contributed by atoms with E-state index in [1.165, 1.54) is 25.1 Å². The normalized spacial score (nSPS) is 11.0. The number of nitro benzene ring substituents is 1. The summed E-state index contributed by atoms with van der Waals surface area (Å²) >= 11 is 0. The molecule has 20 heavy (non-hydrogen) atoms. The topological polar surface area (TPSA) is 113 Å². The average Bonchev–Trinajstić information content (AvgIpc) is 2.38. The van der Waals surface area contributed by atoms with Crippen molar-refractivity contribution >= 4 is 15.7 Å². The standard InChI is InChI=1S/C12H15N3O4S/c1-10-11(15(16)17)6-5-7-12(10)20(18,19)14-9-4-2-3-8-13/h5-7,14H,2-4,9H2,1H3. The first-order chi connectivity index (χ1) is 9.40. The third-order valence-electron chi connectivity index (χ3n) is 2.75. The monoisotopic (exact) mass is 297 g/mol. The Labute approximate surface area is 117 Å². The van der Waals surface area contributed by atoms with Crippen molar-refractivity contribution in [3.8, 4) is 6.07 Å². The van der Waals surface area contributed by atoms with E-state index in [2.05, 4.69) is 4.72 Å². The molecule has 108 valence electrons. The van der Waals surface area contributed by atoms with Crippen molar-refractivity contribution in [3.63, 3.8) is 0 Å². The number of nitrogens with one attached hydrogen (secondary N) is 1. The lowest BCUT2D eigenvalue weighted by atomic mass is 10.2. The van der Waals surface area contributed by atoms with Gasteiger partial charge in [0.2, 0.25) is 10.0 Å². The predicted octanol–water partition coefficient (Wildman–Crippen LogP) is 1.88. The largest absolute Gasteiger partial charge is 0.273 e. The van der Waals surface area contributed by atoms with Gasteiger partial charge < -0.3 is 0 Å². The zero-order valence-corrected chi connectivity index (χ0v) is 11.8. The Kier molecular flexibility index (Phi) is 5.61. The summed E-state index contributed by atoms with van der Waals surface area (Å²) in [6.07, 6.45) is 1.52. The van der Waals surface area contributed by atoms with Crippen molar-refractivity contribution in [3.05, 3.63) is 33.9 Å². The molecule has 1 aromatic carbocycles. The molecular weight excluding hydrogens is 282 g/mol. The number of sulfonamides is 1. The summed E-state index contributed by atoms with van der Waals surface area (Å²) in [4.78, 5) is 10.1. The zero-order valence-electron chi connectivity index (χ0n) is 11.0. The first-order valence-corrected chi connectivity index (χ1v) is 7.49. The van der Waals surface area contributed by atoms with Crippen LogP contribution in [0.1, 0.15) is 24.8 Å². The van der Waals surface area contributed by atoms with Gasteiger partial charge in [-0.05, 0) is 25.8 Å². The van der Waals surface area contributed by atoms with Crippen LogP contribution in [0.15, 0.2) is 23.1 Å². The van der Waals surface area contributed by atoms with Crippen molar-refractivity contribution in [1.82, 2.24) is 4.72 Å². The molecule has 0 atom stereocenters. The van der Waals surface area contributed by atoms with Crippen LogP contribution in [-0.4, -0.2) is 19.9 Å². The maximum absolute atomic E-state index is 12.1. The van der Waals surface area contributed by atoms with Gasteiger partial charge in [0.05, 0.1) is 15.9 Å².